The summed E-state index contributed by atoms with van der Waals surface area (Å²) in [4.78, 5) is 2.58. The first-order chi connectivity index (χ1) is 9.69. The first kappa shape index (κ1) is 17.9. The molecule has 120 valence electrons. The second-order valence-corrected chi connectivity index (χ2v) is 5.89. The summed E-state index contributed by atoms with van der Waals surface area (Å²) in [7, 11) is 0. The fraction of sp³-hybridized carbons (Fsp3) is 1.00. The van der Waals surface area contributed by atoms with Crippen molar-refractivity contribution in [2.45, 2.75) is 58.5 Å². The second kappa shape index (κ2) is 9.72. The Morgan fingerprint density at radius 3 is 2.45 bits per heavy atom. The van der Waals surface area contributed by atoms with Crippen molar-refractivity contribution < 1.29 is 9.47 Å². The summed E-state index contributed by atoms with van der Waals surface area (Å²) in [5.41, 5.74) is 0.146. The third-order valence-electron chi connectivity index (χ3n) is 4.47. The molecule has 1 aliphatic rings. The third-order valence-corrected chi connectivity index (χ3v) is 4.47. The zero-order valence-electron chi connectivity index (χ0n) is 13.9. The normalized spacial score (nSPS) is 21.6. The monoisotopic (exact) mass is 286 g/mol. The van der Waals surface area contributed by atoms with Crippen molar-refractivity contribution in [1.82, 2.24) is 10.2 Å². The lowest BCUT2D eigenvalue weighted by Crippen LogP contribution is -2.63. The Hall–Kier alpha value is -0.160. The summed E-state index contributed by atoms with van der Waals surface area (Å²) in [5.74, 6) is 0. The van der Waals surface area contributed by atoms with Crippen molar-refractivity contribution in [1.29, 1.82) is 0 Å². The molecule has 0 aromatic heterocycles. The molecular weight excluding hydrogens is 252 g/mol. The van der Waals surface area contributed by atoms with Gasteiger partial charge in [0.1, 0.15) is 0 Å². The van der Waals surface area contributed by atoms with E-state index < -0.39 is 0 Å². The summed E-state index contributed by atoms with van der Waals surface area (Å²) in [6.45, 7) is 15.5. The van der Waals surface area contributed by atoms with Crippen molar-refractivity contribution in [3.05, 3.63) is 0 Å². The summed E-state index contributed by atoms with van der Waals surface area (Å²) >= 11 is 0. The van der Waals surface area contributed by atoms with E-state index in [-0.39, 0.29) is 5.54 Å². The molecule has 2 atom stereocenters. The molecule has 0 aliphatic carbocycles. The molecule has 1 N–H and O–H groups in total. The van der Waals surface area contributed by atoms with Crippen molar-refractivity contribution in [2.75, 3.05) is 46.1 Å². The summed E-state index contributed by atoms with van der Waals surface area (Å²) in [5, 5.41) is 3.71. The van der Waals surface area contributed by atoms with E-state index in [1.807, 2.05) is 0 Å². The molecular formula is C16H34N2O2. The highest BCUT2D eigenvalue weighted by atomic mass is 16.5. The van der Waals surface area contributed by atoms with Gasteiger partial charge < -0.3 is 14.8 Å². The maximum Gasteiger partial charge on any atom is 0.0637 e. The van der Waals surface area contributed by atoms with Crippen molar-refractivity contribution in [3.63, 3.8) is 0 Å². The van der Waals surface area contributed by atoms with Gasteiger partial charge in [-0.3, -0.25) is 4.90 Å². The molecule has 1 saturated heterocycles. The Labute approximate surface area is 125 Å². The van der Waals surface area contributed by atoms with E-state index in [9.17, 15) is 0 Å². The lowest BCUT2D eigenvalue weighted by atomic mass is 9.87. The van der Waals surface area contributed by atoms with Gasteiger partial charge in [0.2, 0.25) is 0 Å². The van der Waals surface area contributed by atoms with Crippen LogP contribution in [0.2, 0.25) is 0 Å². The number of nitrogens with one attached hydrogen (secondary N) is 1. The Morgan fingerprint density at radius 1 is 1.20 bits per heavy atom. The van der Waals surface area contributed by atoms with Crippen LogP contribution in [0.3, 0.4) is 0 Å². The van der Waals surface area contributed by atoms with Gasteiger partial charge in [-0.25, -0.2) is 0 Å². The molecule has 1 fully saturated rings. The van der Waals surface area contributed by atoms with Crippen LogP contribution >= 0.6 is 0 Å². The molecule has 2 unspecified atom stereocenters. The average molecular weight is 286 g/mol. The van der Waals surface area contributed by atoms with E-state index in [1.165, 1.54) is 0 Å². The van der Waals surface area contributed by atoms with Crippen molar-refractivity contribution >= 4 is 0 Å². The summed E-state index contributed by atoms with van der Waals surface area (Å²) < 4.78 is 11.4. The first-order valence-corrected chi connectivity index (χ1v) is 8.32. The lowest BCUT2D eigenvalue weighted by Gasteiger charge is -2.48. The van der Waals surface area contributed by atoms with Gasteiger partial charge in [-0.2, -0.15) is 0 Å². The van der Waals surface area contributed by atoms with Crippen LogP contribution in [-0.2, 0) is 9.47 Å². The molecule has 4 nitrogen and oxygen atoms in total. The standard InChI is InChI=1S/C16H34N2O2/c1-5-8-17-15(14-20-11-6-2)16(4,7-3)18-9-12-19-13-10-18/h15,17H,5-14H2,1-4H3. The Morgan fingerprint density at radius 2 is 1.90 bits per heavy atom. The van der Waals surface area contributed by atoms with Crippen LogP contribution in [0.5, 0.6) is 0 Å². The molecule has 1 rings (SSSR count). The summed E-state index contributed by atoms with van der Waals surface area (Å²) in [6.07, 6.45) is 3.37. The fourth-order valence-corrected chi connectivity index (χ4v) is 2.89. The third kappa shape index (κ3) is 4.99. The van der Waals surface area contributed by atoms with Crippen LogP contribution in [0.4, 0.5) is 0 Å². The van der Waals surface area contributed by atoms with Crippen LogP contribution < -0.4 is 5.32 Å². The van der Waals surface area contributed by atoms with Crippen molar-refractivity contribution in [3.8, 4) is 0 Å². The van der Waals surface area contributed by atoms with E-state index in [2.05, 4.69) is 37.9 Å². The van der Waals surface area contributed by atoms with Gasteiger partial charge in [0.05, 0.1) is 19.8 Å². The quantitative estimate of drug-likeness (QED) is 0.625. The lowest BCUT2D eigenvalue weighted by molar-refractivity contribution is -0.0465. The average Bonchev–Trinajstić information content (AvgIpc) is 2.51. The van der Waals surface area contributed by atoms with Gasteiger partial charge in [0.25, 0.3) is 0 Å². The highest BCUT2D eigenvalue weighted by molar-refractivity contribution is 4.97. The molecule has 0 radical (unpaired) electrons. The zero-order chi connectivity index (χ0) is 14.8. The van der Waals surface area contributed by atoms with Gasteiger partial charge in [0, 0.05) is 31.3 Å². The molecule has 0 spiro atoms. The maximum absolute atomic E-state index is 5.86. The minimum atomic E-state index is 0.146. The Kier molecular flexibility index (Phi) is 8.69. The van der Waals surface area contributed by atoms with Crippen LogP contribution in [-0.4, -0.2) is 62.5 Å². The summed E-state index contributed by atoms with van der Waals surface area (Å²) in [6, 6.07) is 0.386. The number of rotatable bonds is 10. The second-order valence-electron chi connectivity index (χ2n) is 5.89. The largest absolute Gasteiger partial charge is 0.380 e. The minimum Gasteiger partial charge on any atom is -0.380 e. The molecule has 4 heteroatoms. The number of hydrogen-bond donors (Lipinski definition) is 1. The molecule has 1 heterocycles. The van der Waals surface area contributed by atoms with E-state index in [4.69, 9.17) is 9.47 Å². The number of nitrogens with zero attached hydrogens (tertiary/aromatic N) is 1. The predicted molar refractivity (Wildman–Crippen MR) is 84.3 cm³/mol. The van der Waals surface area contributed by atoms with Crippen LogP contribution in [0.1, 0.15) is 47.0 Å². The van der Waals surface area contributed by atoms with Crippen LogP contribution in [0.15, 0.2) is 0 Å². The maximum atomic E-state index is 5.86. The molecule has 0 aromatic rings. The number of ether oxygens (including phenoxy) is 2. The molecule has 0 amide bonds. The molecule has 0 saturated carbocycles. The minimum absolute atomic E-state index is 0.146. The van der Waals surface area contributed by atoms with Crippen LogP contribution in [0.25, 0.3) is 0 Å². The molecule has 0 aromatic carbocycles. The number of morpholine rings is 1. The van der Waals surface area contributed by atoms with E-state index in [0.29, 0.717) is 6.04 Å². The highest BCUT2D eigenvalue weighted by Gasteiger charge is 2.38. The van der Waals surface area contributed by atoms with Gasteiger partial charge >= 0.3 is 0 Å². The highest BCUT2D eigenvalue weighted by Crippen LogP contribution is 2.25. The van der Waals surface area contributed by atoms with Crippen LogP contribution in [0, 0.1) is 0 Å². The van der Waals surface area contributed by atoms with Gasteiger partial charge in [-0.15, -0.1) is 0 Å². The zero-order valence-corrected chi connectivity index (χ0v) is 13.9. The Bertz CT molecular complexity index is 245. The topological polar surface area (TPSA) is 33.7 Å². The van der Waals surface area contributed by atoms with E-state index >= 15 is 0 Å². The first-order valence-electron chi connectivity index (χ1n) is 8.32. The molecule has 20 heavy (non-hydrogen) atoms. The van der Waals surface area contributed by atoms with Gasteiger partial charge in [-0.1, -0.05) is 20.8 Å². The predicted octanol–water partition coefficient (Wildman–Crippen LogP) is 2.28. The van der Waals surface area contributed by atoms with Gasteiger partial charge in [0.15, 0.2) is 0 Å². The SMILES string of the molecule is CCCNC(COCCC)C(C)(CC)N1CCOCC1. The number of hydrogen-bond acceptors (Lipinski definition) is 4. The Balaban J connectivity index is 2.69. The molecule has 0 bridgehead atoms. The molecule has 1 aliphatic heterocycles. The smallest absolute Gasteiger partial charge is 0.0637 e. The van der Waals surface area contributed by atoms with Crippen molar-refractivity contribution in [2.24, 2.45) is 0 Å². The van der Waals surface area contributed by atoms with Gasteiger partial charge in [-0.05, 0) is 32.7 Å². The van der Waals surface area contributed by atoms with E-state index in [0.717, 1.165) is 65.3 Å². The fourth-order valence-electron chi connectivity index (χ4n) is 2.89. The van der Waals surface area contributed by atoms with E-state index in [1.54, 1.807) is 0 Å².